The van der Waals surface area contributed by atoms with Crippen molar-refractivity contribution in [3.63, 3.8) is 0 Å². The number of aliphatic hydroxyl groups excluding tert-OH is 1. The van der Waals surface area contributed by atoms with E-state index in [1.165, 1.54) is 0 Å². The molecule has 0 aromatic carbocycles. The van der Waals surface area contributed by atoms with E-state index in [1.54, 1.807) is 12.5 Å². The number of nitrogens with zero attached hydrogens (tertiary/aromatic N) is 2. The van der Waals surface area contributed by atoms with Gasteiger partial charge in [0, 0.05) is 25.5 Å². The summed E-state index contributed by atoms with van der Waals surface area (Å²) in [6, 6.07) is 0. The lowest BCUT2D eigenvalue weighted by Gasteiger charge is -2.12. The van der Waals surface area contributed by atoms with E-state index >= 15 is 0 Å². The zero-order chi connectivity index (χ0) is 8.81. The van der Waals surface area contributed by atoms with Crippen molar-refractivity contribution < 1.29 is 5.11 Å². The SMILES string of the molecule is CCC[C@@H](CO)Cn1ccnc1. The standard InChI is InChI=1S/C9H16N2O/c1-2-3-9(7-12)6-11-5-4-10-8-11/h4-5,8-9,12H,2-3,6-7H2,1H3/t9-/m1/s1. The second-order valence-corrected chi connectivity index (χ2v) is 3.10. The van der Waals surface area contributed by atoms with E-state index in [9.17, 15) is 0 Å². The van der Waals surface area contributed by atoms with Gasteiger partial charge in [-0.2, -0.15) is 0 Å². The summed E-state index contributed by atoms with van der Waals surface area (Å²) in [6.07, 6.45) is 7.69. The summed E-state index contributed by atoms with van der Waals surface area (Å²) in [4.78, 5) is 3.95. The fraction of sp³-hybridized carbons (Fsp3) is 0.667. The number of aromatic nitrogens is 2. The predicted molar refractivity (Wildman–Crippen MR) is 47.7 cm³/mol. The van der Waals surface area contributed by atoms with E-state index in [0.717, 1.165) is 19.4 Å². The van der Waals surface area contributed by atoms with Crippen LogP contribution >= 0.6 is 0 Å². The molecule has 0 saturated carbocycles. The molecule has 12 heavy (non-hydrogen) atoms. The van der Waals surface area contributed by atoms with Gasteiger partial charge in [-0.05, 0) is 12.3 Å². The first-order valence-electron chi connectivity index (χ1n) is 4.43. The Morgan fingerprint density at radius 3 is 2.92 bits per heavy atom. The number of hydrogen-bond acceptors (Lipinski definition) is 2. The third kappa shape index (κ3) is 2.66. The van der Waals surface area contributed by atoms with Gasteiger partial charge in [0.1, 0.15) is 0 Å². The van der Waals surface area contributed by atoms with Crippen LogP contribution in [0.2, 0.25) is 0 Å². The van der Waals surface area contributed by atoms with Crippen LogP contribution in [0.3, 0.4) is 0 Å². The average molecular weight is 168 g/mol. The first kappa shape index (κ1) is 9.26. The Kier molecular flexibility index (Phi) is 3.80. The minimum absolute atomic E-state index is 0.270. The normalized spacial score (nSPS) is 13.2. The Labute approximate surface area is 73.1 Å². The molecule has 0 amide bonds. The van der Waals surface area contributed by atoms with Gasteiger partial charge in [-0.25, -0.2) is 4.98 Å². The maximum Gasteiger partial charge on any atom is 0.0946 e. The lowest BCUT2D eigenvalue weighted by molar-refractivity contribution is 0.202. The lowest BCUT2D eigenvalue weighted by Crippen LogP contribution is -2.13. The maximum absolute atomic E-state index is 9.02. The Bertz CT molecular complexity index is 196. The molecule has 0 saturated heterocycles. The summed E-state index contributed by atoms with van der Waals surface area (Å²) >= 11 is 0. The lowest BCUT2D eigenvalue weighted by atomic mass is 10.1. The minimum atomic E-state index is 0.270. The number of hydrogen-bond donors (Lipinski definition) is 1. The highest BCUT2D eigenvalue weighted by Gasteiger charge is 2.05. The fourth-order valence-electron chi connectivity index (χ4n) is 1.34. The van der Waals surface area contributed by atoms with Crippen LogP contribution in [0.1, 0.15) is 19.8 Å². The zero-order valence-electron chi connectivity index (χ0n) is 7.48. The third-order valence-electron chi connectivity index (χ3n) is 1.98. The van der Waals surface area contributed by atoms with Crippen LogP contribution in [-0.4, -0.2) is 21.3 Å². The van der Waals surface area contributed by atoms with Crippen molar-refractivity contribution >= 4 is 0 Å². The molecule has 1 aromatic rings. The van der Waals surface area contributed by atoms with Gasteiger partial charge in [-0.15, -0.1) is 0 Å². The summed E-state index contributed by atoms with van der Waals surface area (Å²) in [5.74, 6) is 0.379. The van der Waals surface area contributed by atoms with Crippen LogP contribution < -0.4 is 0 Å². The van der Waals surface area contributed by atoms with Gasteiger partial charge in [0.25, 0.3) is 0 Å². The molecule has 0 aliphatic carbocycles. The van der Waals surface area contributed by atoms with Gasteiger partial charge in [0.05, 0.1) is 6.33 Å². The zero-order valence-corrected chi connectivity index (χ0v) is 7.48. The van der Waals surface area contributed by atoms with Crippen LogP contribution in [0.4, 0.5) is 0 Å². The molecule has 1 heterocycles. The smallest absolute Gasteiger partial charge is 0.0946 e. The largest absolute Gasteiger partial charge is 0.396 e. The molecule has 68 valence electrons. The van der Waals surface area contributed by atoms with Gasteiger partial charge in [0.15, 0.2) is 0 Å². The van der Waals surface area contributed by atoms with Crippen molar-refractivity contribution in [2.75, 3.05) is 6.61 Å². The summed E-state index contributed by atoms with van der Waals surface area (Å²) in [6.45, 7) is 3.28. The first-order chi connectivity index (χ1) is 5.86. The van der Waals surface area contributed by atoms with Crippen molar-refractivity contribution in [3.8, 4) is 0 Å². The summed E-state index contributed by atoms with van der Waals surface area (Å²) < 4.78 is 2.01. The molecule has 0 bridgehead atoms. The third-order valence-corrected chi connectivity index (χ3v) is 1.98. The maximum atomic E-state index is 9.02. The highest BCUT2D eigenvalue weighted by atomic mass is 16.3. The summed E-state index contributed by atoms with van der Waals surface area (Å²) in [5.41, 5.74) is 0. The molecule has 1 N–H and O–H groups in total. The van der Waals surface area contributed by atoms with Crippen molar-refractivity contribution in [1.82, 2.24) is 9.55 Å². The van der Waals surface area contributed by atoms with E-state index in [1.807, 2.05) is 10.8 Å². The molecule has 1 atom stereocenters. The van der Waals surface area contributed by atoms with Gasteiger partial charge in [-0.3, -0.25) is 0 Å². The molecule has 3 heteroatoms. The van der Waals surface area contributed by atoms with E-state index in [4.69, 9.17) is 5.11 Å². The van der Waals surface area contributed by atoms with Gasteiger partial charge >= 0.3 is 0 Å². The fourth-order valence-corrected chi connectivity index (χ4v) is 1.34. The second-order valence-electron chi connectivity index (χ2n) is 3.10. The Balaban J connectivity index is 2.37. The molecule has 1 aromatic heterocycles. The van der Waals surface area contributed by atoms with Crippen molar-refractivity contribution in [2.24, 2.45) is 5.92 Å². The highest BCUT2D eigenvalue weighted by molar-refractivity contribution is 4.75. The summed E-state index contributed by atoms with van der Waals surface area (Å²) in [7, 11) is 0. The molecule has 0 aliphatic heterocycles. The monoisotopic (exact) mass is 168 g/mol. The van der Waals surface area contributed by atoms with E-state index < -0.39 is 0 Å². The Hall–Kier alpha value is -0.830. The van der Waals surface area contributed by atoms with Crippen LogP contribution in [0, 0.1) is 5.92 Å². The Morgan fingerprint density at radius 1 is 1.58 bits per heavy atom. The van der Waals surface area contributed by atoms with E-state index in [0.29, 0.717) is 5.92 Å². The topological polar surface area (TPSA) is 38.0 Å². The van der Waals surface area contributed by atoms with Crippen molar-refractivity contribution in [2.45, 2.75) is 26.3 Å². The van der Waals surface area contributed by atoms with Crippen LogP contribution in [0.25, 0.3) is 0 Å². The average Bonchev–Trinajstić information content (AvgIpc) is 2.56. The van der Waals surface area contributed by atoms with Crippen molar-refractivity contribution in [3.05, 3.63) is 18.7 Å². The number of aliphatic hydroxyl groups is 1. The molecule has 0 spiro atoms. The van der Waals surface area contributed by atoms with Gasteiger partial charge in [-0.1, -0.05) is 13.3 Å². The summed E-state index contributed by atoms with van der Waals surface area (Å²) in [5, 5.41) is 9.02. The number of rotatable bonds is 5. The molecule has 0 radical (unpaired) electrons. The molecule has 0 unspecified atom stereocenters. The minimum Gasteiger partial charge on any atom is -0.396 e. The van der Waals surface area contributed by atoms with Crippen LogP contribution in [-0.2, 0) is 6.54 Å². The van der Waals surface area contributed by atoms with Crippen LogP contribution in [0.5, 0.6) is 0 Å². The molecule has 3 nitrogen and oxygen atoms in total. The molecular formula is C9H16N2O. The second kappa shape index (κ2) is 4.93. The van der Waals surface area contributed by atoms with Gasteiger partial charge in [0.2, 0.25) is 0 Å². The van der Waals surface area contributed by atoms with Crippen molar-refractivity contribution in [1.29, 1.82) is 0 Å². The number of imidazole rings is 1. The predicted octanol–water partition coefficient (Wildman–Crippen LogP) is 1.29. The quantitative estimate of drug-likeness (QED) is 0.719. The molecule has 0 fully saturated rings. The van der Waals surface area contributed by atoms with Crippen LogP contribution in [0.15, 0.2) is 18.7 Å². The molecule has 1 rings (SSSR count). The van der Waals surface area contributed by atoms with Gasteiger partial charge < -0.3 is 9.67 Å². The molecular weight excluding hydrogens is 152 g/mol. The van der Waals surface area contributed by atoms with E-state index in [2.05, 4.69) is 11.9 Å². The van der Waals surface area contributed by atoms with E-state index in [-0.39, 0.29) is 6.61 Å². The molecule has 0 aliphatic rings. The highest BCUT2D eigenvalue weighted by Crippen LogP contribution is 2.07. The Morgan fingerprint density at radius 2 is 2.42 bits per heavy atom. The first-order valence-corrected chi connectivity index (χ1v) is 4.43.